The summed E-state index contributed by atoms with van der Waals surface area (Å²) in [5, 5.41) is 14.1. The summed E-state index contributed by atoms with van der Waals surface area (Å²) in [4.78, 5) is 11.9. The minimum Gasteiger partial charge on any atom is -0.508 e. The highest BCUT2D eigenvalue weighted by molar-refractivity contribution is 5.84. The van der Waals surface area contributed by atoms with Crippen LogP contribution in [0.1, 0.15) is 36.6 Å². The number of benzene rings is 2. The van der Waals surface area contributed by atoms with Gasteiger partial charge in [-0.1, -0.05) is 26.0 Å². The van der Waals surface area contributed by atoms with Crippen LogP contribution >= 0.6 is 0 Å². The molecule has 26 heavy (non-hydrogen) atoms. The number of phenolic OH excluding ortho intramolecular Hbond substituents is 1. The number of hydrogen-bond donors (Lipinski definition) is 2. The molecular weight excluding hydrogens is 333 g/mol. The van der Waals surface area contributed by atoms with Crippen LogP contribution in [0.25, 0.3) is 11.0 Å². The fraction of sp³-hybridized carbons (Fsp3) is 0.286. The first-order valence-electron chi connectivity index (χ1n) is 8.61. The zero-order valence-electron chi connectivity index (χ0n) is 15.0. The standard InChI is InChI=1S/C21H22FNO3/c1-12(2)20(14-4-6-16(22)7-5-14)23-11-15-10-19(25)26-21-13(3)18(24)9-8-17(15)21/h4-10,12,20,23-24H,11H2,1-3H3. The van der Waals surface area contributed by atoms with Gasteiger partial charge >= 0.3 is 5.63 Å². The van der Waals surface area contributed by atoms with Crippen molar-refractivity contribution in [2.75, 3.05) is 0 Å². The molecule has 1 aromatic heterocycles. The quantitative estimate of drug-likeness (QED) is 0.665. The lowest BCUT2D eigenvalue weighted by Crippen LogP contribution is -2.26. The van der Waals surface area contributed by atoms with Crippen LogP contribution in [0.5, 0.6) is 5.75 Å². The SMILES string of the molecule is Cc1c(O)ccc2c(CNC(c3ccc(F)cc3)C(C)C)cc(=O)oc12. The van der Waals surface area contributed by atoms with Gasteiger partial charge < -0.3 is 14.8 Å². The van der Waals surface area contributed by atoms with Crippen LogP contribution in [-0.2, 0) is 6.54 Å². The molecule has 2 aromatic carbocycles. The van der Waals surface area contributed by atoms with E-state index in [4.69, 9.17) is 4.42 Å². The minimum atomic E-state index is -0.453. The molecule has 0 aliphatic rings. The molecule has 0 spiro atoms. The van der Waals surface area contributed by atoms with Crippen molar-refractivity contribution in [2.45, 2.75) is 33.4 Å². The molecule has 0 bridgehead atoms. The van der Waals surface area contributed by atoms with Crippen molar-refractivity contribution in [3.05, 3.63) is 75.4 Å². The Kier molecular flexibility index (Phi) is 5.09. The fourth-order valence-electron chi connectivity index (χ4n) is 3.19. The Labute approximate surface area is 151 Å². The maximum atomic E-state index is 13.2. The molecule has 0 amide bonds. The summed E-state index contributed by atoms with van der Waals surface area (Å²) in [6, 6.07) is 11.3. The summed E-state index contributed by atoms with van der Waals surface area (Å²) in [6.07, 6.45) is 0. The maximum Gasteiger partial charge on any atom is 0.336 e. The molecule has 136 valence electrons. The molecule has 1 unspecified atom stereocenters. The molecule has 3 rings (SSSR count). The highest BCUT2D eigenvalue weighted by Gasteiger charge is 2.17. The Morgan fingerprint density at radius 1 is 1.15 bits per heavy atom. The van der Waals surface area contributed by atoms with Crippen molar-refractivity contribution in [2.24, 2.45) is 5.92 Å². The van der Waals surface area contributed by atoms with Crippen LogP contribution in [0.3, 0.4) is 0 Å². The maximum absolute atomic E-state index is 13.2. The molecule has 0 saturated carbocycles. The van der Waals surface area contributed by atoms with Gasteiger partial charge in [-0.25, -0.2) is 9.18 Å². The van der Waals surface area contributed by atoms with Crippen molar-refractivity contribution >= 4 is 11.0 Å². The van der Waals surface area contributed by atoms with E-state index in [0.29, 0.717) is 17.7 Å². The first-order valence-corrected chi connectivity index (χ1v) is 8.61. The van der Waals surface area contributed by atoms with Gasteiger partial charge in [-0.05, 0) is 48.2 Å². The molecule has 4 nitrogen and oxygen atoms in total. The van der Waals surface area contributed by atoms with Gasteiger partial charge in [0.1, 0.15) is 17.1 Å². The van der Waals surface area contributed by atoms with Gasteiger partial charge in [0.25, 0.3) is 0 Å². The van der Waals surface area contributed by atoms with Crippen LogP contribution < -0.4 is 10.9 Å². The average molecular weight is 355 g/mol. The van der Waals surface area contributed by atoms with Gasteiger partial charge in [-0.15, -0.1) is 0 Å². The van der Waals surface area contributed by atoms with Gasteiger partial charge in [0, 0.05) is 29.6 Å². The van der Waals surface area contributed by atoms with E-state index in [1.54, 1.807) is 31.2 Å². The number of nitrogens with one attached hydrogen (secondary N) is 1. The first-order chi connectivity index (χ1) is 12.4. The molecule has 0 saturated heterocycles. The number of aryl methyl sites for hydroxylation is 1. The molecule has 5 heteroatoms. The fourth-order valence-corrected chi connectivity index (χ4v) is 3.19. The van der Waals surface area contributed by atoms with Gasteiger partial charge in [0.05, 0.1) is 0 Å². The monoisotopic (exact) mass is 355 g/mol. The molecule has 0 aliphatic carbocycles. The number of aromatic hydroxyl groups is 1. The Morgan fingerprint density at radius 3 is 2.50 bits per heavy atom. The zero-order valence-corrected chi connectivity index (χ0v) is 15.0. The van der Waals surface area contributed by atoms with Crippen molar-refractivity contribution in [1.29, 1.82) is 0 Å². The van der Waals surface area contributed by atoms with E-state index >= 15 is 0 Å². The third-order valence-corrected chi connectivity index (χ3v) is 4.63. The van der Waals surface area contributed by atoms with Crippen LogP contribution in [0, 0.1) is 18.7 Å². The summed E-state index contributed by atoms with van der Waals surface area (Å²) in [5.74, 6) is 0.105. The van der Waals surface area contributed by atoms with Crippen LogP contribution in [0.4, 0.5) is 4.39 Å². The Morgan fingerprint density at radius 2 is 1.85 bits per heavy atom. The van der Waals surface area contributed by atoms with Crippen molar-refractivity contribution in [3.8, 4) is 5.75 Å². The third-order valence-electron chi connectivity index (χ3n) is 4.63. The second kappa shape index (κ2) is 7.30. The molecule has 1 heterocycles. The molecule has 0 aliphatic heterocycles. The number of phenols is 1. The number of halogens is 1. The zero-order chi connectivity index (χ0) is 18.8. The van der Waals surface area contributed by atoms with E-state index in [1.165, 1.54) is 18.2 Å². The highest BCUT2D eigenvalue weighted by Crippen LogP contribution is 2.28. The third kappa shape index (κ3) is 3.63. The van der Waals surface area contributed by atoms with E-state index in [0.717, 1.165) is 16.5 Å². The molecule has 0 fully saturated rings. The number of hydrogen-bond acceptors (Lipinski definition) is 4. The summed E-state index contributed by atoms with van der Waals surface area (Å²) < 4.78 is 18.5. The van der Waals surface area contributed by atoms with Gasteiger partial charge in [0.15, 0.2) is 0 Å². The predicted octanol–water partition coefficient (Wildman–Crippen LogP) is 4.43. The Hall–Kier alpha value is -2.66. The molecule has 0 radical (unpaired) electrons. The van der Waals surface area contributed by atoms with Gasteiger partial charge in [-0.2, -0.15) is 0 Å². The van der Waals surface area contributed by atoms with E-state index in [-0.39, 0.29) is 23.5 Å². The lowest BCUT2D eigenvalue weighted by Gasteiger charge is -2.23. The van der Waals surface area contributed by atoms with E-state index in [2.05, 4.69) is 19.2 Å². The van der Waals surface area contributed by atoms with E-state index < -0.39 is 5.63 Å². The summed E-state index contributed by atoms with van der Waals surface area (Å²) in [5.41, 5.74) is 2.28. The normalized spacial score (nSPS) is 12.7. The van der Waals surface area contributed by atoms with E-state index in [9.17, 15) is 14.3 Å². The first kappa shape index (κ1) is 18.1. The largest absolute Gasteiger partial charge is 0.508 e. The summed E-state index contributed by atoms with van der Waals surface area (Å²) >= 11 is 0. The lowest BCUT2D eigenvalue weighted by molar-refractivity contribution is 0.410. The van der Waals surface area contributed by atoms with Gasteiger partial charge in [0.2, 0.25) is 0 Å². The second-order valence-corrected chi connectivity index (χ2v) is 6.83. The molecule has 1 atom stereocenters. The smallest absolute Gasteiger partial charge is 0.336 e. The van der Waals surface area contributed by atoms with Gasteiger partial charge in [-0.3, -0.25) is 0 Å². The van der Waals surface area contributed by atoms with Crippen LogP contribution in [0.15, 0.2) is 51.7 Å². The minimum absolute atomic E-state index is 0.0103. The number of rotatable bonds is 5. The van der Waals surface area contributed by atoms with Crippen molar-refractivity contribution in [3.63, 3.8) is 0 Å². The Bertz CT molecular complexity index is 977. The lowest BCUT2D eigenvalue weighted by atomic mass is 9.95. The highest BCUT2D eigenvalue weighted by atomic mass is 19.1. The summed E-state index contributed by atoms with van der Waals surface area (Å²) in [6.45, 7) is 6.33. The van der Waals surface area contributed by atoms with E-state index in [1.807, 2.05) is 0 Å². The predicted molar refractivity (Wildman–Crippen MR) is 99.7 cm³/mol. The van der Waals surface area contributed by atoms with Crippen LogP contribution in [0.2, 0.25) is 0 Å². The average Bonchev–Trinajstić information content (AvgIpc) is 2.60. The van der Waals surface area contributed by atoms with Crippen molar-refractivity contribution in [1.82, 2.24) is 5.32 Å². The van der Waals surface area contributed by atoms with Crippen molar-refractivity contribution < 1.29 is 13.9 Å². The second-order valence-electron chi connectivity index (χ2n) is 6.83. The molecule has 2 N–H and O–H groups in total. The molecule has 3 aromatic rings. The topological polar surface area (TPSA) is 62.5 Å². The molecular formula is C21H22FNO3. The van der Waals surface area contributed by atoms with Crippen LogP contribution in [-0.4, -0.2) is 5.11 Å². The summed E-state index contributed by atoms with van der Waals surface area (Å²) in [7, 11) is 0. The number of fused-ring (bicyclic) bond motifs is 1. The Balaban J connectivity index is 1.94.